The lowest BCUT2D eigenvalue weighted by molar-refractivity contribution is -0.117. The van der Waals surface area contributed by atoms with E-state index in [1.165, 1.54) is 18.4 Å². The van der Waals surface area contributed by atoms with E-state index < -0.39 is 0 Å². The van der Waals surface area contributed by atoms with Crippen molar-refractivity contribution in [2.45, 2.75) is 60.3 Å². The number of amides is 1. The zero-order chi connectivity index (χ0) is 16.5. The first-order valence-electron chi connectivity index (χ1n) is 8.58. The molecule has 0 aliphatic heterocycles. The van der Waals surface area contributed by atoms with Crippen LogP contribution >= 0.6 is 12.4 Å². The largest absolute Gasteiger partial charge is 0.324 e. The fraction of sp³-hybridized carbons (Fsp3) is 0.632. The summed E-state index contributed by atoms with van der Waals surface area (Å²) in [6.45, 7) is 13.1. The Hall–Kier alpha value is -1.06. The van der Waals surface area contributed by atoms with E-state index in [4.69, 9.17) is 0 Å². The minimum atomic E-state index is 0. The van der Waals surface area contributed by atoms with Crippen LogP contribution in [0.1, 0.15) is 56.2 Å². The number of rotatable bonds is 9. The van der Waals surface area contributed by atoms with Crippen LogP contribution in [0, 0.1) is 20.8 Å². The molecule has 1 N–H and O–H groups in total. The van der Waals surface area contributed by atoms with Crippen LogP contribution in [-0.2, 0) is 4.79 Å². The zero-order valence-corrected chi connectivity index (χ0v) is 16.2. The molecule has 0 radical (unpaired) electrons. The van der Waals surface area contributed by atoms with Crippen LogP contribution in [0.2, 0.25) is 0 Å². The Kier molecular flexibility index (Phi) is 10.9. The van der Waals surface area contributed by atoms with E-state index >= 15 is 0 Å². The molecule has 0 aliphatic rings. The van der Waals surface area contributed by atoms with Crippen molar-refractivity contribution in [3.05, 3.63) is 28.8 Å². The van der Waals surface area contributed by atoms with Crippen LogP contribution < -0.4 is 5.32 Å². The monoisotopic (exact) mass is 340 g/mol. The summed E-state index contributed by atoms with van der Waals surface area (Å²) in [5.41, 5.74) is 4.49. The molecule has 1 aromatic rings. The van der Waals surface area contributed by atoms with Gasteiger partial charge in [0.25, 0.3) is 0 Å². The highest BCUT2D eigenvalue weighted by atomic mass is 35.5. The summed E-state index contributed by atoms with van der Waals surface area (Å²) in [6, 6.07) is 4.24. The second kappa shape index (κ2) is 11.5. The molecule has 0 spiro atoms. The van der Waals surface area contributed by atoms with Crippen LogP contribution in [-0.4, -0.2) is 30.4 Å². The first-order chi connectivity index (χ1) is 10.5. The van der Waals surface area contributed by atoms with E-state index in [2.05, 4.69) is 57.0 Å². The Bertz CT molecular complexity index is 457. The first kappa shape index (κ1) is 21.9. The molecule has 0 aliphatic carbocycles. The van der Waals surface area contributed by atoms with Crippen molar-refractivity contribution >= 4 is 24.0 Å². The van der Waals surface area contributed by atoms with Crippen LogP contribution in [0.5, 0.6) is 0 Å². The van der Waals surface area contributed by atoms with E-state index in [1.54, 1.807) is 0 Å². The molecule has 0 saturated heterocycles. The van der Waals surface area contributed by atoms with E-state index in [-0.39, 0.29) is 18.3 Å². The van der Waals surface area contributed by atoms with Gasteiger partial charge in [0, 0.05) is 5.69 Å². The van der Waals surface area contributed by atoms with Crippen molar-refractivity contribution in [1.82, 2.24) is 4.90 Å². The molecule has 1 aromatic carbocycles. The quantitative estimate of drug-likeness (QED) is 0.695. The fourth-order valence-corrected chi connectivity index (χ4v) is 2.79. The summed E-state index contributed by atoms with van der Waals surface area (Å²) in [7, 11) is 0. The maximum Gasteiger partial charge on any atom is 0.238 e. The lowest BCUT2D eigenvalue weighted by Crippen LogP contribution is -2.35. The minimum Gasteiger partial charge on any atom is -0.324 e. The van der Waals surface area contributed by atoms with Gasteiger partial charge in [0.05, 0.1) is 6.54 Å². The Labute approximate surface area is 148 Å². The Morgan fingerprint density at radius 3 is 1.91 bits per heavy atom. The number of hydrogen-bond donors (Lipinski definition) is 1. The molecule has 23 heavy (non-hydrogen) atoms. The Balaban J connectivity index is 0.00000484. The van der Waals surface area contributed by atoms with Crippen molar-refractivity contribution in [2.75, 3.05) is 25.0 Å². The van der Waals surface area contributed by atoms with Crippen molar-refractivity contribution in [1.29, 1.82) is 0 Å². The summed E-state index contributed by atoms with van der Waals surface area (Å²) in [4.78, 5) is 14.7. The molecule has 0 bridgehead atoms. The number of halogens is 1. The van der Waals surface area contributed by atoms with E-state index in [1.807, 2.05) is 0 Å². The standard InChI is InChI=1S/C19H32N2O.ClH/c1-6-8-10-21(11-9-7-2)14-18(22)20-19-16(4)12-15(3)13-17(19)5;/h12-13H,6-11,14H2,1-5H3,(H,20,22);1H. The predicted molar refractivity (Wildman–Crippen MR) is 103 cm³/mol. The van der Waals surface area contributed by atoms with Crippen LogP contribution in [0.25, 0.3) is 0 Å². The smallest absolute Gasteiger partial charge is 0.238 e. The molecule has 0 heterocycles. The molecule has 0 aromatic heterocycles. The number of nitrogens with one attached hydrogen (secondary N) is 1. The molecule has 4 heteroatoms. The molecule has 1 amide bonds. The third kappa shape index (κ3) is 7.85. The van der Waals surface area contributed by atoms with Crippen LogP contribution in [0.3, 0.4) is 0 Å². The molecule has 0 saturated carbocycles. The lowest BCUT2D eigenvalue weighted by Gasteiger charge is -2.22. The third-order valence-electron chi connectivity index (χ3n) is 3.96. The molecule has 3 nitrogen and oxygen atoms in total. The van der Waals surface area contributed by atoms with Crippen molar-refractivity contribution in [3.63, 3.8) is 0 Å². The Morgan fingerprint density at radius 2 is 1.48 bits per heavy atom. The molecule has 0 fully saturated rings. The SMILES string of the molecule is CCCCN(CCCC)CC(=O)Nc1c(C)cc(C)cc1C.Cl. The van der Waals surface area contributed by atoms with Gasteiger partial charge in [0.2, 0.25) is 5.91 Å². The van der Waals surface area contributed by atoms with Gasteiger partial charge in [-0.05, 0) is 57.8 Å². The Morgan fingerprint density at radius 1 is 1.00 bits per heavy atom. The first-order valence-corrected chi connectivity index (χ1v) is 8.58. The lowest BCUT2D eigenvalue weighted by atomic mass is 10.1. The number of carbonyl (C=O) groups excluding carboxylic acids is 1. The van der Waals surface area contributed by atoms with Gasteiger partial charge in [-0.1, -0.05) is 44.4 Å². The number of nitrogens with zero attached hydrogens (tertiary/aromatic N) is 1. The predicted octanol–water partition coefficient (Wildman–Crippen LogP) is 4.87. The molecule has 0 atom stereocenters. The van der Waals surface area contributed by atoms with Crippen LogP contribution in [0.4, 0.5) is 5.69 Å². The maximum atomic E-state index is 12.4. The van der Waals surface area contributed by atoms with Gasteiger partial charge in [0.15, 0.2) is 0 Å². The number of aryl methyl sites for hydroxylation is 3. The summed E-state index contributed by atoms with van der Waals surface area (Å²) in [6.07, 6.45) is 4.64. The normalized spacial score (nSPS) is 10.5. The zero-order valence-electron chi connectivity index (χ0n) is 15.4. The average Bonchev–Trinajstić information content (AvgIpc) is 2.45. The number of carbonyl (C=O) groups is 1. The fourth-order valence-electron chi connectivity index (χ4n) is 2.79. The highest BCUT2D eigenvalue weighted by Gasteiger charge is 2.12. The third-order valence-corrected chi connectivity index (χ3v) is 3.96. The average molecular weight is 341 g/mol. The molecular weight excluding hydrogens is 308 g/mol. The number of hydrogen-bond acceptors (Lipinski definition) is 2. The number of anilines is 1. The molecule has 1 rings (SSSR count). The van der Waals surface area contributed by atoms with Gasteiger partial charge in [0.1, 0.15) is 0 Å². The molecule has 132 valence electrons. The molecule has 0 unspecified atom stereocenters. The highest BCUT2D eigenvalue weighted by molar-refractivity contribution is 5.93. The van der Waals surface area contributed by atoms with Crippen molar-refractivity contribution in [2.24, 2.45) is 0 Å². The number of benzene rings is 1. The second-order valence-corrected chi connectivity index (χ2v) is 6.31. The van der Waals surface area contributed by atoms with Gasteiger partial charge < -0.3 is 5.32 Å². The minimum absolute atomic E-state index is 0. The summed E-state index contributed by atoms with van der Waals surface area (Å²) in [5.74, 6) is 0.0993. The highest BCUT2D eigenvalue weighted by Crippen LogP contribution is 2.21. The van der Waals surface area contributed by atoms with Gasteiger partial charge in [-0.2, -0.15) is 0 Å². The topological polar surface area (TPSA) is 32.3 Å². The summed E-state index contributed by atoms with van der Waals surface area (Å²) >= 11 is 0. The van der Waals surface area contributed by atoms with E-state index in [0.29, 0.717) is 6.54 Å². The van der Waals surface area contributed by atoms with E-state index in [9.17, 15) is 4.79 Å². The molecular formula is C19H33ClN2O. The van der Waals surface area contributed by atoms with E-state index in [0.717, 1.165) is 42.7 Å². The van der Waals surface area contributed by atoms with Gasteiger partial charge in [-0.15, -0.1) is 12.4 Å². The van der Waals surface area contributed by atoms with Crippen molar-refractivity contribution in [3.8, 4) is 0 Å². The van der Waals surface area contributed by atoms with Gasteiger partial charge in [-0.3, -0.25) is 9.69 Å². The van der Waals surface area contributed by atoms with Gasteiger partial charge >= 0.3 is 0 Å². The summed E-state index contributed by atoms with van der Waals surface area (Å²) < 4.78 is 0. The second-order valence-electron chi connectivity index (χ2n) is 6.31. The maximum absolute atomic E-state index is 12.4. The van der Waals surface area contributed by atoms with Gasteiger partial charge in [-0.25, -0.2) is 0 Å². The summed E-state index contributed by atoms with van der Waals surface area (Å²) in [5, 5.41) is 3.11. The van der Waals surface area contributed by atoms with Crippen molar-refractivity contribution < 1.29 is 4.79 Å². The number of unbranched alkanes of at least 4 members (excludes halogenated alkanes) is 2. The van der Waals surface area contributed by atoms with Crippen LogP contribution in [0.15, 0.2) is 12.1 Å².